The van der Waals surface area contributed by atoms with E-state index in [2.05, 4.69) is 17.4 Å². The molecule has 0 spiro atoms. The summed E-state index contributed by atoms with van der Waals surface area (Å²) in [6.07, 6.45) is 6.50. The van der Waals surface area contributed by atoms with Crippen molar-refractivity contribution in [1.29, 1.82) is 0 Å². The maximum atomic E-state index is 12.6. The van der Waals surface area contributed by atoms with Gasteiger partial charge in [-0.15, -0.1) is 0 Å². The monoisotopic (exact) mass is 560 g/mol. The Bertz CT molecular complexity index is 1220. The lowest BCUT2D eigenvalue weighted by Crippen LogP contribution is -2.42. The minimum atomic E-state index is -1.15. The van der Waals surface area contributed by atoms with E-state index in [4.69, 9.17) is 32.9 Å². The second kappa shape index (κ2) is 13.7. The third-order valence-corrected chi connectivity index (χ3v) is 6.87. The first-order valence-corrected chi connectivity index (χ1v) is 12.8. The Labute approximate surface area is 233 Å². The molecule has 1 amide bonds. The normalized spacial score (nSPS) is 13.1. The Balaban J connectivity index is 0.00000380. The zero-order valence-electron chi connectivity index (χ0n) is 20.3. The predicted molar refractivity (Wildman–Crippen MR) is 151 cm³/mol. The van der Waals surface area contributed by atoms with Crippen LogP contribution in [-0.2, 0) is 30.5 Å². The van der Waals surface area contributed by atoms with E-state index in [1.165, 1.54) is 36.2 Å². The molecule has 37 heavy (non-hydrogen) atoms. The average Bonchev–Trinajstić information content (AvgIpc) is 2.87. The summed E-state index contributed by atoms with van der Waals surface area (Å²) in [5.41, 5.74) is 4.55. The summed E-state index contributed by atoms with van der Waals surface area (Å²) in [6, 6.07) is 15.1. The molecule has 0 saturated carbocycles. The molecule has 0 fully saturated rings. The fourth-order valence-corrected chi connectivity index (χ4v) is 4.88. The molecular weight excluding hydrogens is 531 g/mol. The quantitative estimate of drug-likeness (QED) is 0.305. The highest BCUT2D eigenvalue weighted by Crippen LogP contribution is 2.24. The van der Waals surface area contributed by atoms with Crippen molar-refractivity contribution < 1.29 is 19.4 Å². The number of aromatic nitrogens is 1. The fourth-order valence-electron chi connectivity index (χ4n) is 4.31. The van der Waals surface area contributed by atoms with E-state index in [0.717, 1.165) is 36.9 Å². The number of aryl methyl sites for hydroxylation is 3. The highest BCUT2D eigenvalue weighted by molar-refractivity contribution is 7.59. The van der Waals surface area contributed by atoms with Gasteiger partial charge in [-0.1, -0.05) is 47.5 Å². The number of nitrogens with one attached hydrogen (secondary N) is 1. The molecular formula is C28H30Cl2N2O4S. The van der Waals surface area contributed by atoms with E-state index in [1.807, 2.05) is 0 Å². The standard InChI is InChI=1S/C28H28Cl2N2O4.H2S/c29-22-7-3-8-23(30)26(22)27(33)32-25(28(34)35)17-18-10-14-21(15-11-18)36-16-4-6-20-13-12-19-5-1-2-9-24(19)31-20;/h3,7-8,10-15,25H,1-2,4-6,9,16-17H2,(H,32,33)(H,34,35);1H2/t25-;/m0./s1. The summed E-state index contributed by atoms with van der Waals surface area (Å²) in [4.78, 5) is 29.2. The number of hydrogen-bond donors (Lipinski definition) is 2. The van der Waals surface area contributed by atoms with Crippen molar-refractivity contribution in [2.75, 3.05) is 6.61 Å². The number of nitrogens with zero attached hydrogens (tertiary/aromatic N) is 1. The van der Waals surface area contributed by atoms with E-state index in [1.54, 1.807) is 30.3 Å². The van der Waals surface area contributed by atoms with Gasteiger partial charge >= 0.3 is 5.97 Å². The van der Waals surface area contributed by atoms with E-state index in [0.29, 0.717) is 12.4 Å². The second-order valence-electron chi connectivity index (χ2n) is 8.88. The van der Waals surface area contributed by atoms with Gasteiger partial charge in [0.2, 0.25) is 0 Å². The predicted octanol–water partition coefficient (Wildman–Crippen LogP) is 5.82. The molecule has 0 saturated heterocycles. The molecule has 3 aromatic rings. The van der Waals surface area contributed by atoms with Gasteiger partial charge in [-0.05, 0) is 80.0 Å². The first kappa shape index (κ1) is 28.8. The fraction of sp³-hybridized carbons (Fsp3) is 0.321. The molecule has 0 radical (unpaired) electrons. The number of aliphatic carboxylic acids is 1. The van der Waals surface area contributed by atoms with Gasteiger partial charge in [-0.3, -0.25) is 9.78 Å². The summed E-state index contributed by atoms with van der Waals surface area (Å²) in [6.45, 7) is 0.560. The van der Waals surface area contributed by atoms with Crippen LogP contribution >= 0.6 is 36.7 Å². The number of amides is 1. The molecule has 9 heteroatoms. The van der Waals surface area contributed by atoms with Crippen molar-refractivity contribution in [3.8, 4) is 5.75 Å². The zero-order valence-corrected chi connectivity index (χ0v) is 22.8. The van der Waals surface area contributed by atoms with Gasteiger partial charge in [0.25, 0.3) is 5.91 Å². The maximum Gasteiger partial charge on any atom is 0.326 e. The Morgan fingerprint density at radius 3 is 2.41 bits per heavy atom. The second-order valence-corrected chi connectivity index (χ2v) is 9.69. The van der Waals surface area contributed by atoms with Crippen LogP contribution in [0.5, 0.6) is 5.75 Å². The number of halogens is 2. The zero-order chi connectivity index (χ0) is 25.5. The van der Waals surface area contributed by atoms with Gasteiger partial charge in [0.15, 0.2) is 0 Å². The number of carboxylic acid groups (broad SMARTS) is 1. The number of pyridine rings is 1. The third kappa shape index (κ3) is 7.87. The minimum Gasteiger partial charge on any atom is -0.494 e. The molecule has 196 valence electrons. The van der Waals surface area contributed by atoms with Crippen molar-refractivity contribution in [3.05, 3.63) is 92.7 Å². The van der Waals surface area contributed by atoms with Gasteiger partial charge in [0.05, 0.1) is 22.2 Å². The topological polar surface area (TPSA) is 88.5 Å². The highest BCUT2D eigenvalue weighted by Gasteiger charge is 2.23. The molecule has 2 aromatic carbocycles. The van der Waals surface area contributed by atoms with Crippen molar-refractivity contribution in [2.45, 2.75) is 51.0 Å². The van der Waals surface area contributed by atoms with Crippen LogP contribution in [0.2, 0.25) is 10.0 Å². The Morgan fingerprint density at radius 2 is 1.70 bits per heavy atom. The SMILES string of the molecule is O=C(N[C@@H](Cc1ccc(OCCCc2ccc3c(n2)CCCC3)cc1)C(=O)O)c1c(Cl)cccc1Cl.S. The molecule has 1 aliphatic carbocycles. The van der Waals surface area contributed by atoms with Crippen molar-refractivity contribution >= 4 is 48.6 Å². The summed E-state index contributed by atoms with van der Waals surface area (Å²) >= 11 is 12.1. The Kier molecular flexibility index (Phi) is 10.7. The van der Waals surface area contributed by atoms with E-state index in [9.17, 15) is 14.7 Å². The van der Waals surface area contributed by atoms with Crippen LogP contribution in [0, 0.1) is 0 Å². The van der Waals surface area contributed by atoms with Crippen molar-refractivity contribution in [2.24, 2.45) is 0 Å². The molecule has 2 N–H and O–H groups in total. The van der Waals surface area contributed by atoms with Gasteiger partial charge in [0, 0.05) is 17.8 Å². The summed E-state index contributed by atoms with van der Waals surface area (Å²) in [5, 5.41) is 12.4. The minimum absolute atomic E-state index is 0. The molecule has 1 aromatic heterocycles. The van der Waals surface area contributed by atoms with E-state index >= 15 is 0 Å². The van der Waals surface area contributed by atoms with Gasteiger partial charge < -0.3 is 15.2 Å². The molecule has 1 heterocycles. The van der Waals surface area contributed by atoms with Crippen LogP contribution in [0.1, 0.15) is 52.1 Å². The van der Waals surface area contributed by atoms with Crippen molar-refractivity contribution in [3.63, 3.8) is 0 Å². The summed E-state index contributed by atoms with van der Waals surface area (Å²) in [7, 11) is 0. The number of carbonyl (C=O) groups excluding carboxylic acids is 1. The first-order chi connectivity index (χ1) is 17.4. The van der Waals surface area contributed by atoms with Crippen LogP contribution in [0.15, 0.2) is 54.6 Å². The van der Waals surface area contributed by atoms with Gasteiger partial charge in [-0.25, -0.2) is 4.79 Å². The molecule has 1 atom stereocenters. The first-order valence-electron chi connectivity index (χ1n) is 12.1. The molecule has 0 aliphatic heterocycles. The maximum absolute atomic E-state index is 12.6. The number of rotatable bonds is 10. The van der Waals surface area contributed by atoms with E-state index < -0.39 is 17.9 Å². The molecule has 0 bridgehead atoms. The Hall–Kier alpha value is -2.74. The largest absolute Gasteiger partial charge is 0.494 e. The van der Waals surface area contributed by atoms with E-state index in [-0.39, 0.29) is 35.5 Å². The van der Waals surface area contributed by atoms with Crippen LogP contribution in [-0.4, -0.2) is 34.6 Å². The third-order valence-electron chi connectivity index (χ3n) is 6.24. The number of carboxylic acids is 1. The molecule has 0 unspecified atom stereocenters. The van der Waals surface area contributed by atoms with Crippen LogP contribution in [0.25, 0.3) is 0 Å². The molecule has 6 nitrogen and oxygen atoms in total. The lowest BCUT2D eigenvalue weighted by Gasteiger charge is -2.16. The average molecular weight is 562 g/mol. The summed E-state index contributed by atoms with van der Waals surface area (Å²) < 4.78 is 5.85. The Morgan fingerprint density at radius 1 is 1.00 bits per heavy atom. The molecule has 1 aliphatic rings. The lowest BCUT2D eigenvalue weighted by molar-refractivity contribution is -0.139. The lowest BCUT2D eigenvalue weighted by atomic mass is 9.95. The number of fused-ring (bicyclic) bond motifs is 1. The van der Waals surface area contributed by atoms with Gasteiger partial charge in [0.1, 0.15) is 11.8 Å². The smallest absolute Gasteiger partial charge is 0.326 e. The number of hydrogen-bond acceptors (Lipinski definition) is 4. The van der Waals surface area contributed by atoms with Gasteiger partial charge in [-0.2, -0.15) is 13.5 Å². The van der Waals surface area contributed by atoms with Crippen LogP contribution in [0.4, 0.5) is 0 Å². The number of carbonyl (C=O) groups is 2. The summed E-state index contributed by atoms with van der Waals surface area (Å²) in [5.74, 6) is -1.08. The van der Waals surface area contributed by atoms with Crippen LogP contribution in [0.3, 0.4) is 0 Å². The highest BCUT2D eigenvalue weighted by atomic mass is 35.5. The number of ether oxygens (including phenoxy) is 1. The van der Waals surface area contributed by atoms with Crippen LogP contribution < -0.4 is 10.1 Å². The molecule has 4 rings (SSSR count). The number of benzene rings is 2. The van der Waals surface area contributed by atoms with Crippen molar-refractivity contribution in [1.82, 2.24) is 10.3 Å².